The summed E-state index contributed by atoms with van der Waals surface area (Å²) in [6.07, 6.45) is 0. The first-order valence-corrected chi connectivity index (χ1v) is 7.46. The van der Waals surface area contributed by atoms with Crippen molar-refractivity contribution in [3.63, 3.8) is 0 Å². The van der Waals surface area contributed by atoms with Crippen molar-refractivity contribution in [2.24, 2.45) is 0 Å². The molecule has 0 saturated heterocycles. The number of anilines is 1. The minimum atomic E-state index is -0.657. The van der Waals surface area contributed by atoms with E-state index in [4.69, 9.17) is 0 Å². The van der Waals surface area contributed by atoms with Crippen LogP contribution in [0.1, 0.15) is 35.8 Å². The van der Waals surface area contributed by atoms with Gasteiger partial charge in [-0.25, -0.2) is 8.78 Å². The Bertz CT molecular complexity index is 745. The van der Waals surface area contributed by atoms with Gasteiger partial charge in [-0.3, -0.25) is 9.59 Å². The zero-order valence-corrected chi connectivity index (χ0v) is 13.4. The maximum absolute atomic E-state index is 13.7. The van der Waals surface area contributed by atoms with Gasteiger partial charge in [0.2, 0.25) is 5.91 Å². The Labute approximate surface area is 138 Å². The van der Waals surface area contributed by atoms with Gasteiger partial charge in [0.1, 0.15) is 11.6 Å². The van der Waals surface area contributed by atoms with Gasteiger partial charge in [-0.2, -0.15) is 0 Å². The number of benzene rings is 2. The van der Waals surface area contributed by atoms with Crippen molar-refractivity contribution in [2.45, 2.75) is 19.9 Å². The molecular formula is C18H18F2N2O2. The third-order valence-electron chi connectivity index (χ3n) is 3.57. The SMILES string of the molecule is CC(=O)c1ccc(NC(=O)CN[C@@H](C)c2ccc(F)cc2F)cc1. The summed E-state index contributed by atoms with van der Waals surface area (Å²) < 4.78 is 26.6. The Morgan fingerprint density at radius 3 is 2.33 bits per heavy atom. The normalized spacial score (nSPS) is 11.8. The van der Waals surface area contributed by atoms with Gasteiger partial charge in [-0.1, -0.05) is 6.07 Å². The molecule has 1 amide bonds. The standard InChI is InChI=1S/C18H18F2N2O2/c1-11(16-8-5-14(19)9-17(16)20)21-10-18(24)22-15-6-3-13(4-7-15)12(2)23/h3-9,11,21H,10H2,1-2H3,(H,22,24)/t11-/m0/s1. The lowest BCUT2D eigenvalue weighted by atomic mass is 10.1. The van der Waals surface area contributed by atoms with E-state index in [0.717, 1.165) is 6.07 Å². The van der Waals surface area contributed by atoms with Crippen LogP contribution in [0.5, 0.6) is 0 Å². The average molecular weight is 332 g/mol. The van der Waals surface area contributed by atoms with Crippen molar-refractivity contribution in [2.75, 3.05) is 11.9 Å². The number of hydrogen-bond donors (Lipinski definition) is 2. The van der Waals surface area contributed by atoms with E-state index in [9.17, 15) is 18.4 Å². The lowest BCUT2D eigenvalue weighted by Crippen LogP contribution is -2.30. The molecule has 2 rings (SSSR count). The average Bonchev–Trinajstić information content (AvgIpc) is 2.53. The van der Waals surface area contributed by atoms with E-state index < -0.39 is 17.7 Å². The number of hydrogen-bond acceptors (Lipinski definition) is 3. The number of carbonyl (C=O) groups excluding carboxylic acids is 2. The second-order valence-electron chi connectivity index (χ2n) is 5.45. The molecule has 0 heterocycles. The molecule has 2 aromatic rings. The van der Waals surface area contributed by atoms with E-state index in [-0.39, 0.29) is 23.8 Å². The smallest absolute Gasteiger partial charge is 0.238 e. The van der Waals surface area contributed by atoms with Gasteiger partial charge in [0.25, 0.3) is 0 Å². The molecule has 0 aliphatic rings. The number of rotatable bonds is 6. The van der Waals surface area contributed by atoms with Gasteiger partial charge >= 0.3 is 0 Å². The van der Waals surface area contributed by atoms with Crippen molar-refractivity contribution in [1.29, 1.82) is 0 Å². The van der Waals surface area contributed by atoms with Crippen molar-refractivity contribution in [3.8, 4) is 0 Å². The molecule has 0 aromatic heterocycles. The number of carbonyl (C=O) groups is 2. The minimum Gasteiger partial charge on any atom is -0.325 e. The second kappa shape index (κ2) is 7.79. The summed E-state index contributed by atoms with van der Waals surface area (Å²) in [4.78, 5) is 23.1. The molecule has 0 aliphatic heterocycles. The van der Waals surface area contributed by atoms with Crippen molar-refractivity contribution in [1.82, 2.24) is 5.32 Å². The largest absolute Gasteiger partial charge is 0.325 e. The molecular weight excluding hydrogens is 314 g/mol. The van der Waals surface area contributed by atoms with Gasteiger partial charge in [0.15, 0.2) is 5.78 Å². The lowest BCUT2D eigenvalue weighted by molar-refractivity contribution is -0.115. The Kier molecular flexibility index (Phi) is 5.76. The van der Waals surface area contributed by atoms with Crippen molar-refractivity contribution >= 4 is 17.4 Å². The molecule has 126 valence electrons. The molecule has 0 saturated carbocycles. The molecule has 4 nitrogen and oxygen atoms in total. The summed E-state index contributed by atoms with van der Waals surface area (Å²) in [5.74, 6) is -1.66. The monoisotopic (exact) mass is 332 g/mol. The Morgan fingerprint density at radius 2 is 1.75 bits per heavy atom. The summed E-state index contributed by atoms with van der Waals surface area (Å²) >= 11 is 0. The molecule has 0 radical (unpaired) electrons. The van der Waals surface area contributed by atoms with Crippen LogP contribution in [0.4, 0.5) is 14.5 Å². The summed E-state index contributed by atoms with van der Waals surface area (Å²) in [5, 5.41) is 5.55. The number of nitrogens with one attached hydrogen (secondary N) is 2. The third kappa shape index (κ3) is 4.70. The first-order valence-electron chi connectivity index (χ1n) is 7.46. The fraction of sp³-hybridized carbons (Fsp3) is 0.222. The van der Waals surface area contributed by atoms with Crippen LogP contribution in [0.15, 0.2) is 42.5 Å². The molecule has 24 heavy (non-hydrogen) atoms. The summed E-state index contributed by atoms with van der Waals surface area (Å²) in [6.45, 7) is 3.12. The van der Waals surface area contributed by atoms with Gasteiger partial charge in [0.05, 0.1) is 6.54 Å². The van der Waals surface area contributed by atoms with E-state index in [1.807, 2.05) is 0 Å². The van der Waals surface area contributed by atoms with Crippen molar-refractivity contribution in [3.05, 3.63) is 65.2 Å². The van der Waals surface area contributed by atoms with E-state index in [1.165, 1.54) is 19.1 Å². The van der Waals surface area contributed by atoms with Crippen molar-refractivity contribution < 1.29 is 18.4 Å². The Morgan fingerprint density at radius 1 is 1.08 bits per heavy atom. The number of Topliss-reactive ketones (excluding diaryl/α,β-unsaturated/α-hetero) is 1. The molecule has 2 N–H and O–H groups in total. The topological polar surface area (TPSA) is 58.2 Å². The molecule has 0 aliphatic carbocycles. The highest BCUT2D eigenvalue weighted by Gasteiger charge is 2.13. The van der Waals surface area contributed by atoms with Crippen LogP contribution in [-0.2, 0) is 4.79 Å². The fourth-order valence-electron chi connectivity index (χ4n) is 2.20. The first kappa shape index (κ1) is 17.7. The van der Waals surface area contributed by atoms with Crippen LogP contribution < -0.4 is 10.6 Å². The maximum atomic E-state index is 13.7. The van der Waals surface area contributed by atoms with Crippen LogP contribution in [0.25, 0.3) is 0 Å². The third-order valence-corrected chi connectivity index (χ3v) is 3.57. The molecule has 0 fully saturated rings. The highest BCUT2D eigenvalue weighted by atomic mass is 19.1. The molecule has 0 bridgehead atoms. The van der Waals surface area contributed by atoms with Gasteiger partial charge in [-0.05, 0) is 44.2 Å². The van der Waals surface area contributed by atoms with Gasteiger partial charge in [0, 0.05) is 28.9 Å². The van der Waals surface area contributed by atoms with Crippen LogP contribution in [0.2, 0.25) is 0 Å². The zero-order chi connectivity index (χ0) is 17.7. The van der Waals surface area contributed by atoms with Crippen LogP contribution in [-0.4, -0.2) is 18.2 Å². The van der Waals surface area contributed by atoms with Gasteiger partial charge < -0.3 is 10.6 Å². The summed E-state index contributed by atoms with van der Waals surface area (Å²) in [7, 11) is 0. The van der Waals surface area contributed by atoms with E-state index in [1.54, 1.807) is 31.2 Å². The Balaban J connectivity index is 1.89. The molecule has 2 aromatic carbocycles. The molecule has 0 spiro atoms. The number of amides is 1. The molecule has 6 heteroatoms. The Hall–Kier alpha value is -2.60. The second-order valence-corrected chi connectivity index (χ2v) is 5.45. The lowest BCUT2D eigenvalue weighted by Gasteiger charge is -2.15. The predicted octanol–water partition coefficient (Wildman–Crippen LogP) is 3.46. The van der Waals surface area contributed by atoms with Crippen LogP contribution in [0, 0.1) is 11.6 Å². The fourth-order valence-corrected chi connectivity index (χ4v) is 2.20. The zero-order valence-electron chi connectivity index (χ0n) is 13.4. The summed E-state index contributed by atoms with van der Waals surface area (Å²) in [5.41, 5.74) is 1.41. The maximum Gasteiger partial charge on any atom is 0.238 e. The van der Waals surface area contributed by atoms with E-state index in [0.29, 0.717) is 11.3 Å². The molecule has 1 atom stereocenters. The quantitative estimate of drug-likeness (QED) is 0.797. The highest BCUT2D eigenvalue weighted by Crippen LogP contribution is 2.17. The van der Waals surface area contributed by atoms with E-state index in [2.05, 4.69) is 10.6 Å². The molecule has 0 unspecified atom stereocenters. The number of ketones is 1. The van der Waals surface area contributed by atoms with Crippen LogP contribution >= 0.6 is 0 Å². The number of halogens is 2. The van der Waals surface area contributed by atoms with E-state index >= 15 is 0 Å². The predicted molar refractivity (Wildman–Crippen MR) is 87.9 cm³/mol. The highest BCUT2D eigenvalue weighted by molar-refractivity contribution is 5.96. The van der Waals surface area contributed by atoms with Gasteiger partial charge in [-0.15, -0.1) is 0 Å². The first-order chi connectivity index (χ1) is 11.4. The minimum absolute atomic E-state index is 0.0353. The summed E-state index contributed by atoms with van der Waals surface area (Å²) in [6, 6.07) is 9.41. The van der Waals surface area contributed by atoms with Crippen LogP contribution in [0.3, 0.4) is 0 Å².